The first-order chi connectivity index (χ1) is 9.82. The summed E-state index contributed by atoms with van der Waals surface area (Å²) < 4.78 is 31.8. The lowest BCUT2D eigenvalue weighted by molar-refractivity contribution is 0.0979. The molecule has 1 unspecified atom stereocenters. The van der Waals surface area contributed by atoms with E-state index in [0.717, 1.165) is 12.8 Å². The Balaban J connectivity index is 2.22. The normalized spacial score (nSPS) is 19.1. The number of hydrogen-bond donors (Lipinski definition) is 1. The summed E-state index contributed by atoms with van der Waals surface area (Å²) in [4.78, 5) is 0.254. The Bertz CT molecular complexity index is 643. The number of nitrogens with two attached hydrogens (primary N) is 1. The van der Waals surface area contributed by atoms with E-state index in [1.54, 1.807) is 0 Å². The van der Waals surface area contributed by atoms with Crippen LogP contribution in [0, 0.1) is 0 Å². The van der Waals surface area contributed by atoms with E-state index >= 15 is 0 Å². The number of sulfonamides is 1. The summed E-state index contributed by atoms with van der Waals surface area (Å²) in [5.74, 6) is 0. The molecule has 8 heteroatoms. The molecule has 0 amide bonds. The van der Waals surface area contributed by atoms with Gasteiger partial charge in [-0.2, -0.15) is 4.31 Å². The molecule has 1 saturated heterocycles. The van der Waals surface area contributed by atoms with Gasteiger partial charge in [-0.1, -0.05) is 23.8 Å². The van der Waals surface area contributed by atoms with Crippen molar-refractivity contribution >= 4 is 38.8 Å². The van der Waals surface area contributed by atoms with E-state index < -0.39 is 10.0 Å². The third kappa shape index (κ3) is 3.73. The standard InChI is InChI=1S/C13H17ClN2O3S2/c1-16(8-9-3-2-6-19-9)21(17,18)10-4-5-11(13(15)20)12(14)7-10/h4-5,7,9H,2-3,6,8H2,1H3,(H2,15,20). The molecule has 1 fully saturated rings. The predicted octanol–water partition coefficient (Wildman–Crippen LogP) is 1.77. The SMILES string of the molecule is CN(CC1CCCO1)S(=O)(=O)c1ccc(C(N)=S)c(Cl)c1. The lowest BCUT2D eigenvalue weighted by Crippen LogP contribution is -2.34. The fourth-order valence-electron chi connectivity index (χ4n) is 2.21. The van der Waals surface area contributed by atoms with Gasteiger partial charge in [0.05, 0.1) is 16.0 Å². The van der Waals surface area contributed by atoms with Crippen LogP contribution in [0.3, 0.4) is 0 Å². The Morgan fingerprint density at radius 2 is 2.29 bits per heavy atom. The fraction of sp³-hybridized carbons (Fsp3) is 0.462. The van der Waals surface area contributed by atoms with E-state index in [9.17, 15) is 8.42 Å². The van der Waals surface area contributed by atoms with E-state index in [0.29, 0.717) is 18.7 Å². The van der Waals surface area contributed by atoms with Crippen molar-refractivity contribution in [3.8, 4) is 0 Å². The molecule has 0 radical (unpaired) electrons. The van der Waals surface area contributed by atoms with Crippen molar-refractivity contribution < 1.29 is 13.2 Å². The van der Waals surface area contributed by atoms with E-state index in [4.69, 9.17) is 34.3 Å². The Kier molecular flexibility index (Phi) is 5.21. The highest BCUT2D eigenvalue weighted by molar-refractivity contribution is 7.89. The Labute approximate surface area is 135 Å². The first-order valence-electron chi connectivity index (χ1n) is 6.49. The molecular weight excluding hydrogens is 332 g/mol. The topological polar surface area (TPSA) is 72.6 Å². The first-order valence-corrected chi connectivity index (χ1v) is 8.72. The van der Waals surface area contributed by atoms with Crippen LogP contribution in [0.25, 0.3) is 0 Å². The molecule has 116 valence electrons. The van der Waals surface area contributed by atoms with Gasteiger partial charge in [0.15, 0.2) is 0 Å². The maximum absolute atomic E-state index is 12.5. The summed E-state index contributed by atoms with van der Waals surface area (Å²) in [6.07, 6.45) is 1.80. The molecule has 1 aliphatic heterocycles. The average Bonchev–Trinajstić information content (AvgIpc) is 2.90. The maximum Gasteiger partial charge on any atom is 0.242 e. The summed E-state index contributed by atoms with van der Waals surface area (Å²) in [6, 6.07) is 4.36. The van der Waals surface area contributed by atoms with Crippen LogP contribution < -0.4 is 5.73 Å². The molecule has 0 bridgehead atoms. The second-order valence-electron chi connectivity index (χ2n) is 4.93. The Morgan fingerprint density at radius 3 is 2.81 bits per heavy atom. The fourth-order valence-corrected chi connectivity index (χ4v) is 4.02. The molecular formula is C13H17ClN2O3S2. The average molecular weight is 349 g/mol. The summed E-state index contributed by atoms with van der Waals surface area (Å²) in [7, 11) is -2.07. The zero-order valence-corrected chi connectivity index (χ0v) is 14.0. The van der Waals surface area contributed by atoms with E-state index in [2.05, 4.69) is 0 Å². The van der Waals surface area contributed by atoms with Crippen LogP contribution in [0.5, 0.6) is 0 Å². The quantitative estimate of drug-likeness (QED) is 0.821. The van der Waals surface area contributed by atoms with Gasteiger partial charge in [0.2, 0.25) is 10.0 Å². The summed E-state index contributed by atoms with van der Waals surface area (Å²) >= 11 is 10.9. The maximum atomic E-state index is 12.5. The van der Waals surface area contributed by atoms with Crippen molar-refractivity contribution in [2.75, 3.05) is 20.2 Å². The van der Waals surface area contributed by atoms with Crippen LogP contribution in [-0.4, -0.2) is 44.0 Å². The summed E-state index contributed by atoms with van der Waals surface area (Å²) in [5.41, 5.74) is 5.98. The van der Waals surface area contributed by atoms with Gasteiger partial charge >= 0.3 is 0 Å². The Hall–Kier alpha value is -0.730. The largest absolute Gasteiger partial charge is 0.389 e. The first kappa shape index (κ1) is 16.6. The highest BCUT2D eigenvalue weighted by Crippen LogP contribution is 2.24. The van der Waals surface area contributed by atoms with Gasteiger partial charge in [-0.05, 0) is 31.0 Å². The van der Waals surface area contributed by atoms with E-state index in [1.807, 2.05) is 0 Å². The molecule has 2 N–H and O–H groups in total. The van der Waals surface area contributed by atoms with Gasteiger partial charge < -0.3 is 10.5 Å². The molecule has 0 saturated carbocycles. The van der Waals surface area contributed by atoms with Crippen molar-refractivity contribution in [2.45, 2.75) is 23.8 Å². The number of rotatable bonds is 5. The third-order valence-electron chi connectivity index (χ3n) is 3.40. The van der Waals surface area contributed by atoms with Crippen LogP contribution in [0.2, 0.25) is 5.02 Å². The zero-order chi connectivity index (χ0) is 15.6. The van der Waals surface area contributed by atoms with E-state index in [-0.39, 0.29) is 21.0 Å². The molecule has 1 atom stereocenters. The smallest absolute Gasteiger partial charge is 0.242 e. The Morgan fingerprint density at radius 1 is 1.57 bits per heavy atom. The molecule has 1 aromatic rings. The van der Waals surface area contributed by atoms with Gasteiger partial charge in [0.25, 0.3) is 0 Å². The molecule has 1 aliphatic rings. The predicted molar refractivity (Wildman–Crippen MR) is 86.1 cm³/mol. The summed E-state index contributed by atoms with van der Waals surface area (Å²) in [5, 5.41) is 0.231. The number of nitrogens with zero attached hydrogens (tertiary/aromatic N) is 1. The van der Waals surface area contributed by atoms with Crippen molar-refractivity contribution in [3.05, 3.63) is 28.8 Å². The third-order valence-corrected chi connectivity index (χ3v) is 5.75. The second kappa shape index (κ2) is 6.58. The van der Waals surface area contributed by atoms with Crippen LogP contribution in [0.15, 0.2) is 23.1 Å². The molecule has 1 aromatic carbocycles. The van der Waals surface area contributed by atoms with Crippen LogP contribution in [0.1, 0.15) is 18.4 Å². The van der Waals surface area contributed by atoms with Crippen molar-refractivity contribution in [2.24, 2.45) is 5.73 Å². The van der Waals surface area contributed by atoms with E-state index in [1.165, 1.54) is 29.6 Å². The van der Waals surface area contributed by atoms with Gasteiger partial charge in [-0.25, -0.2) is 8.42 Å². The van der Waals surface area contributed by atoms with Crippen molar-refractivity contribution in [1.82, 2.24) is 4.31 Å². The number of hydrogen-bond acceptors (Lipinski definition) is 4. The molecule has 0 aliphatic carbocycles. The highest BCUT2D eigenvalue weighted by Gasteiger charge is 2.26. The number of halogens is 1. The van der Waals surface area contributed by atoms with Crippen LogP contribution in [0.4, 0.5) is 0 Å². The minimum Gasteiger partial charge on any atom is -0.389 e. The second-order valence-corrected chi connectivity index (χ2v) is 7.82. The number of ether oxygens (including phenoxy) is 1. The monoisotopic (exact) mass is 348 g/mol. The van der Waals surface area contributed by atoms with Crippen LogP contribution >= 0.6 is 23.8 Å². The highest BCUT2D eigenvalue weighted by atomic mass is 35.5. The molecule has 21 heavy (non-hydrogen) atoms. The van der Waals surface area contributed by atoms with Gasteiger partial charge in [0.1, 0.15) is 4.99 Å². The molecule has 0 spiro atoms. The lowest BCUT2D eigenvalue weighted by Gasteiger charge is -2.20. The van der Waals surface area contributed by atoms with Crippen molar-refractivity contribution in [3.63, 3.8) is 0 Å². The van der Waals surface area contributed by atoms with Gasteiger partial charge in [-0.3, -0.25) is 0 Å². The van der Waals surface area contributed by atoms with Crippen LogP contribution in [-0.2, 0) is 14.8 Å². The summed E-state index contributed by atoms with van der Waals surface area (Å²) in [6.45, 7) is 1.02. The van der Waals surface area contributed by atoms with Gasteiger partial charge in [-0.15, -0.1) is 0 Å². The number of likely N-dealkylation sites (N-methyl/N-ethyl adjacent to an activating group) is 1. The molecule has 5 nitrogen and oxygen atoms in total. The lowest BCUT2D eigenvalue weighted by atomic mass is 10.2. The molecule has 1 heterocycles. The van der Waals surface area contributed by atoms with Gasteiger partial charge in [0, 0.05) is 25.8 Å². The molecule has 0 aromatic heterocycles. The minimum absolute atomic E-state index is 0.0452. The minimum atomic E-state index is -3.61. The number of benzene rings is 1. The number of thiocarbonyl (C=S) groups is 1. The molecule has 2 rings (SSSR count). The van der Waals surface area contributed by atoms with Crippen molar-refractivity contribution in [1.29, 1.82) is 0 Å². The zero-order valence-electron chi connectivity index (χ0n) is 11.6.